The number of ketones is 1. The van der Waals surface area contributed by atoms with Crippen molar-refractivity contribution in [1.29, 1.82) is 0 Å². The largest absolute Gasteiger partial charge is 0.318 e. The summed E-state index contributed by atoms with van der Waals surface area (Å²) in [5.41, 5.74) is 3.98. The second-order valence-corrected chi connectivity index (χ2v) is 11.8. The zero-order valence-electron chi connectivity index (χ0n) is 21.9. The monoisotopic (exact) mass is 603 g/mol. The Balaban J connectivity index is 1.31. The molecule has 41 heavy (non-hydrogen) atoms. The van der Waals surface area contributed by atoms with E-state index in [1.165, 1.54) is 23.9 Å². The molecule has 0 N–H and O–H groups in total. The van der Waals surface area contributed by atoms with E-state index in [9.17, 15) is 24.5 Å². The number of rotatable bonds is 8. The third kappa shape index (κ3) is 6.14. The van der Waals surface area contributed by atoms with Crippen LogP contribution in [0.25, 0.3) is 11.8 Å². The van der Waals surface area contributed by atoms with Crippen molar-refractivity contribution in [3.63, 3.8) is 0 Å². The highest BCUT2D eigenvalue weighted by atomic mass is 35.5. The lowest BCUT2D eigenvalue weighted by Crippen LogP contribution is -2.33. The van der Waals surface area contributed by atoms with Crippen molar-refractivity contribution < 1.29 is 19.3 Å². The molecule has 0 spiro atoms. The van der Waals surface area contributed by atoms with Gasteiger partial charge < -0.3 is 4.57 Å². The van der Waals surface area contributed by atoms with Gasteiger partial charge in [-0.15, -0.1) is 0 Å². The maximum Gasteiger partial charge on any atom is 0.293 e. The Kier molecular flexibility index (Phi) is 8.16. The Morgan fingerprint density at radius 1 is 0.976 bits per heavy atom. The lowest BCUT2D eigenvalue weighted by Gasteiger charge is -2.11. The van der Waals surface area contributed by atoms with Gasteiger partial charge in [0.2, 0.25) is 0 Å². The normalized spacial score (nSPS) is 14.2. The summed E-state index contributed by atoms with van der Waals surface area (Å²) in [6.45, 7) is 3.56. The minimum Gasteiger partial charge on any atom is -0.318 e. The second kappa shape index (κ2) is 11.8. The molecule has 5 rings (SSSR count). The number of hydrogen-bond donors (Lipinski definition) is 0. The first kappa shape index (κ1) is 28.4. The van der Waals surface area contributed by atoms with Gasteiger partial charge in [-0.3, -0.25) is 29.4 Å². The molecule has 1 saturated heterocycles. The number of benzene rings is 3. The fraction of sp³-hybridized carbons (Fsp3) is 0.100. The number of non-ortho nitro benzene ring substituents is 1. The number of nitro benzene ring substituents is 1. The molecule has 0 radical (unpaired) electrons. The van der Waals surface area contributed by atoms with Crippen molar-refractivity contribution in [3.05, 3.63) is 121 Å². The van der Waals surface area contributed by atoms with Crippen LogP contribution in [0.3, 0.4) is 0 Å². The van der Waals surface area contributed by atoms with Crippen molar-refractivity contribution in [3.8, 4) is 5.69 Å². The van der Waals surface area contributed by atoms with Crippen molar-refractivity contribution in [2.75, 3.05) is 6.54 Å². The van der Waals surface area contributed by atoms with Crippen LogP contribution >= 0.6 is 35.1 Å². The molecule has 2 amide bonds. The number of thioether (sulfide) groups is 1. The van der Waals surface area contributed by atoms with Gasteiger partial charge in [0.1, 0.15) is 0 Å². The standard InChI is InChI=1S/C30H22ClN3O5S2/c1-18-15-21(16-28-29(36)32(30(37)41-28)17-27(35)20-3-5-22(31)6-4-20)19(2)33(18)23-7-11-25(12-8-23)40-26-13-9-24(10-14-26)34(38)39/h3-16H,17H2,1-2H3/b28-16-. The van der Waals surface area contributed by atoms with Gasteiger partial charge in [-0.2, -0.15) is 0 Å². The lowest BCUT2D eigenvalue weighted by atomic mass is 10.1. The Hall–Kier alpha value is -4.12. The molecule has 1 aliphatic heterocycles. The third-order valence-corrected chi connectivity index (χ3v) is 8.65. The molecular weight excluding hydrogens is 582 g/mol. The van der Waals surface area contributed by atoms with Crippen LogP contribution in [0.4, 0.5) is 10.5 Å². The zero-order valence-corrected chi connectivity index (χ0v) is 24.3. The van der Waals surface area contributed by atoms with Crippen molar-refractivity contribution in [1.82, 2.24) is 9.47 Å². The van der Waals surface area contributed by atoms with Crippen LogP contribution < -0.4 is 0 Å². The molecule has 0 unspecified atom stereocenters. The highest BCUT2D eigenvalue weighted by Gasteiger charge is 2.36. The van der Waals surface area contributed by atoms with E-state index in [-0.39, 0.29) is 22.9 Å². The van der Waals surface area contributed by atoms with E-state index in [2.05, 4.69) is 4.57 Å². The fourth-order valence-electron chi connectivity index (χ4n) is 4.41. The van der Waals surface area contributed by atoms with Gasteiger partial charge >= 0.3 is 0 Å². The van der Waals surface area contributed by atoms with Gasteiger partial charge in [0, 0.05) is 49.6 Å². The Morgan fingerprint density at radius 2 is 1.59 bits per heavy atom. The highest BCUT2D eigenvalue weighted by Crippen LogP contribution is 2.35. The number of Topliss-reactive ketones (excluding diaryl/α,β-unsaturated/α-hetero) is 1. The van der Waals surface area contributed by atoms with Gasteiger partial charge in [0.25, 0.3) is 16.8 Å². The maximum atomic E-state index is 13.1. The summed E-state index contributed by atoms with van der Waals surface area (Å²) < 4.78 is 2.06. The van der Waals surface area contributed by atoms with Crippen LogP contribution in [0, 0.1) is 24.0 Å². The summed E-state index contributed by atoms with van der Waals surface area (Å²) >= 11 is 8.20. The molecule has 4 aromatic rings. The number of carbonyl (C=O) groups excluding carboxylic acids is 3. The van der Waals surface area contributed by atoms with Crippen LogP contribution in [0.5, 0.6) is 0 Å². The first-order chi connectivity index (χ1) is 19.6. The average Bonchev–Trinajstić information content (AvgIpc) is 3.38. The smallest absolute Gasteiger partial charge is 0.293 e. The molecule has 11 heteroatoms. The van der Waals surface area contributed by atoms with Crippen molar-refractivity contribution in [2.45, 2.75) is 23.6 Å². The van der Waals surface area contributed by atoms with E-state index in [4.69, 9.17) is 11.6 Å². The first-order valence-electron chi connectivity index (χ1n) is 12.4. The van der Waals surface area contributed by atoms with Crippen LogP contribution in [0.15, 0.2) is 93.6 Å². The number of halogens is 1. The third-order valence-electron chi connectivity index (χ3n) is 6.48. The number of aryl methyl sites for hydroxylation is 1. The molecular formula is C30H22ClN3O5S2. The topological polar surface area (TPSA) is 103 Å². The predicted octanol–water partition coefficient (Wildman–Crippen LogP) is 7.73. The summed E-state index contributed by atoms with van der Waals surface area (Å²) in [7, 11) is 0. The molecule has 1 fully saturated rings. The molecule has 2 heterocycles. The molecule has 0 atom stereocenters. The van der Waals surface area contributed by atoms with Crippen LogP contribution in [0.1, 0.15) is 27.3 Å². The maximum absolute atomic E-state index is 13.1. The molecule has 0 saturated carbocycles. The Bertz CT molecular complexity index is 1710. The quantitative estimate of drug-likeness (QED) is 0.0878. The summed E-state index contributed by atoms with van der Waals surface area (Å²) in [6, 6.07) is 22.6. The molecule has 1 aromatic heterocycles. The lowest BCUT2D eigenvalue weighted by molar-refractivity contribution is -0.384. The molecule has 3 aromatic carbocycles. The van der Waals surface area contributed by atoms with Gasteiger partial charge in [0.05, 0.1) is 16.4 Å². The summed E-state index contributed by atoms with van der Waals surface area (Å²) in [5.74, 6) is -0.849. The molecule has 206 valence electrons. The number of aromatic nitrogens is 1. The fourth-order valence-corrected chi connectivity index (χ4v) is 6.19. The van der Waals surface area contributed by atoms with Gasteiger partial charge in [-0.25, -0.2) is 0 Å². The molecule has 0 aliphatic carbocycles. The molecule has 8 nitrogen and oxygen atoms in total. The van der Waals surface area contributed by atoms with E-state index in [1.807, 2.05) is 44.2 Å². The minimum atomic E-state index is -0.500. The first-order valence-corrected chi connectivity index (χ1v) is 14.4. The number of carbonyl (C=O) groups is 3. The summed E-state index contributed by atoms with van der Waals surface area (Å²) in [6.07, 6.45) is 1.69. The predicted molar refractivity (Wildman–Crippen MR) is 161 cm³/mol. The minimum absolute atomic E-state index is 0.0511. The van der Waals surface area contributed by atoms with Crippen LogP contribution in [-0.2, 0) is 4.79 Å². The zero-order chi connectivity index (χ0) is 29.3. The van der Waals surface area contributed by atoms with Crippen molar-refractivity contribution in [2.24, 2.45) is 0 Å². The number of hydrogen-bond acceptors (Lipinski definition) is 7. The van der Waals surface area contributed by atoms with E-state index in [0.29, 0.717) is 10.6 Å². The number of nitrogens with zero attached hydrogens (tertiary/aromatic N) is 3. The second-order valence-electron chi connectivity index (χ2n) is 9.21. The number of imide groups is 1. The average molecular weight is 604 g/mol. The van der Waals surface area contributed by atoms with E-state index in [1.54, 1.807) is 42.5 Å². The van der Waals surface area contributed by atoms with Gasteiger partial charge in [-0.05, 0) is 104 Å². The SMILES string of the molecule is Cc1cc(/C=C2\SC(=O)N(CC(=O)c3ccc(Cl)cc3)C2=O)c(C)n1-c1ccc(Sc2ccc([N+](=O)[O-])cc2)cc1. The highest BCUT2D eigenvalue weighted by molar-refractivity contribution is 8.18. The Labute approximate surface area is 249 Å². The van der Waals surface area contributed by atoms with Crippen LogP contribution in [0.2, 0.25) is 5.02 Å². The van der Waals surface area contributed by atoms with E-state index < -0.39 is 16.1 Å². The van der Waals surface area contributed by atoms with E-state index >= 15 is 0 Å². The molecule has 1 aliphatic rings. The van der Waals surface area contributed by atoms with Crippen molar-refractivity contribution >= 4 is 63.8 Å². The van der Waals surface area contributed by atoms with E-state index in [0.717, 1.165) is 49.1 Å². The summed E-state index contributed by atoms with van der Waals surface area (Å²) in [5, 5.41) is 10.9. The van der Waals surface area contributed by atoms with Gasteiger partial charge in [-0.1, -0.05) is 23.4 Å². The Morgan fingerprint density at radius 3 is 2.20 bits per heavy atom. The van der Waals surface area contributed by atoms with Crippen LogP contribution in [-0.4, -0.2) is 37.9 Å². The van der Waals surface area contributed by atoms with Gasteiger partial charge in [0.15, 0.2) is 5.78 Å². The number of nitro groups is 1. The number of amides is 2. The molecule has 0 bridgehead atoms. The summed E-state index contributed by atoms with van der Waals surface area (Å²) in [4.78, 5) is 51.9.